The molecule has 0 aliphatic heterocycles. The monoisotopic (exact) mass is 446 g/mol. The number of hydrogen-bond donors (Lipinski definition) is 2. The zero-order chi connectivity index (χ0) is 22.1. The van der Waals surface area contributed by atoms with E-state index in [1.54, 1.807) is 18.0 Å². The standard InChI is InChI=1S/C23H22N6O2S/c1-31-19-10-6-5-9-17(19)21-18(14-28(27-21)15-7-3-2-4-8-15)22(30)24-13-20-25-26-23(32)29(20)16-11-12-16/h2-10,14,16H,11-13H2,1H3,(H,24,30)(H,26,32). The van der Waals surface area contributed by atoms with Gasteiger partial charge >= 0.3 is 0 Å². The molecule has 0 saturated heterocycles. The minimum absolute atomic E-state index is 0.246. The molecule has 2 aromatic heterocycles. The van der Waals surface area contributed by atoms with Crippen molar-refractivity contribution in [3.63, 3.8) is 0 Å². The number of ether oxygens (including phenoxy) is 1. The molecule has 1 amide bonds. The van der Waals surface area contributed by atoms with Crippen LogP contribution in [0.3, 0.4) is 0 Å². The minimum Gasteiger partial charge on any atom is -0.496 e. The van der Waals surface area contributed by atoms with Gasteiger partial charge in [0.1, 0.15) is 11.4 Å². The maximum Gasteiger partial charge on any atom is 0.255 e. The summed E-state index contributed by atoms with van der Waals surface area (Å²) in [5.41, 5.74) is 2.60. The fraction of sp³-hybridized carbons (Fsp3) is 0.217. The Morgan fingerprint density at radius 1 is 1.19 bits per heavy atom. The van der Waals surface area contributed by atoms with Crippen LogP contribution in [0.1, 0.15) is 35.1 Å². The lowest BCUT2D eigenvalue weighted by molar-refractivity contribution is 0.0950. The maximum atomic E-state index is 13.3. The largest absolute Gasteiger partial charge is 0.496 e. The Kier molecular flexibility index (Phi) is 5.32. The van der Waals surface area contributed by atoms with E-state index in [2.05, 4.69) is 15.5 Å². The number of methoxy groups -OCH3 is 1. The van der Waals surface area contributed by atoms with Crippen molar-refractivity contribution in [1.82, 2.24) is 29.9 Å². The molecule has 32 heavy (non-hydrogen) atoms. The molecule has 4 aromatic rings. The van der Waals surface area contributed by atoms with Crippen LogP contribution in [-0.2, 0) is 6.54 Å². The first-order valence-corrected chi connectivity index (χ1v) is 10.8. The normalized spacial score (nSPS) is 13.2. The number of benzene rings is 2. The van der Waals surface area contributed by atoms with Crippen LogP contribution < -0.4 is 10.1 Å². The predicted molar refractivity (Wildman–Crippen MR) is 122 cm³/mol. The molecule has 0 bridgehead atoms. The smallest absolute Gasteiger partial charge is 0.255 e. The first-order chi connectivity index (χ1) is 15.7. The molecule has 0 unspecified atom stereocenters. The number of nitrogens with zero attached hydrogens (tertiary/aromatic N) is 4. The Hall–Kier alpha value is -3.72. The van der Waals surface area contributed by atoms with Gasteiger partial charge in [-0.15, -0.1) is 0 Å². The summed E-state index contributed by atoms with van der Waals surface area (Å²) < 4.78 is 9.80. The Balaban J connectivity index is 1.50. The molecule has 1 aliphatic carbocycles. The van der Waals surface area contributed by atoms with Gasteiger partial charge in [-0.3, -0.25) is 14.5 Å². The predicted octanol–water partition coefficient (Wildman–Crippen LogP) is 4.07. The van der Waals surface area contributed by atoms with Gasteiger partial charge in [0, 0.05) is 17.8 Å². The van der Waals surface area contributed by atoms with Crippen LogP contribution in [0.4, 0.5) is 0 Å². The Morgan fingerprint density at radius 3 is 2.69 bits per heavy atom. The highest BCUT2D eigenvalue weighted by Crippen LogP contribution is 2.36. The maximum absolute atomic E-state index is 13.3. The van der Waals surface area contributed by atoms with Gasteiger partial charge in [-0.25, -0.2) is 4.68 Å². The third-order valence-electron chi connectivity index (χ3n) is 5.44. The van der Waals surface area contributed by atoms with Gasteiger partial charge in [0.2, 0.25) is 0 Å². The minimum atomic E-state index is -0.246. The quantitative estimate of drug-likeness (QED) is 0.418. The number of H-pyrrole nitrogens is 1. The number of aromatic amines is 1. The van der Waals surface area contributed by atoms with Crippen LogP contribution in [-0.4, -0.2) is 37.6 Å². The second-order valence-electron chi connectivity index (χ2n) is 7.60. The van der Waals surface area contributed by atoms with Crippen molar-refractivity contribution in [1.29, 1.82) is 0 Å². The molecular weight excluding hydrogens is 424 g/mol. The summed E-state index contributed by atoms with van der Waals surface area (Å²) in [4.78, 5) is 13.3. The molecule has 2 heterocycles. The molecule has 2 aromatic carbocycles. The molecule has 1 saturated carbocycles. The summed E-state index contributed by atoms with van der Waals surface area (Å²) in [7, 11) is 1.60. The van der Waals surface area contributed by atoms with Crippen molar-refractivity contribution in [2.75, 3.05) is 7.11 Å². The van der Waals surface area contributed by atoms with Crippen molar-refractivity contribution >= 4 is 18.1 Å². The van der Waals surface area contributed by atoms with Crippen molar-refractivity contribution in [2.45, 2.75) is 25.4 Å². The van der Waals surface area contributed by atoms with E-state index in [0.29, 0.717) is 27.8 Å². The number of rotatable bonds is 7. The summed E-state index contributed by atoms with van der Waals surface area (Å²) >= 11 is 5.34. The highest BCUT2D eigenvalue weighted by atomic mass is 32.1. The first-order valence-electron chi connectivity index (χ1n) is 10.4. The molecule has 1 aliphatic rings. The number of hydrogen-bond acceptors (Lipinski definition) is 5. The van der Waals surface area contributed by atoms with Crippen LogP contribution >= 0.6 is 12.2 Å². The number of nitrogens with one attached hydrogen (secondary N) is 2. The molecule has 8 nitrogen and oxygen atoms in total. The highest BCUT2D eigenvalue weighted by Gasteiger charge is 2.28. The molecular formula is C23H22N6O2S. The molecule has 0 atom stereocenters. The molecule has 0 spiro atoms. The molecule has 5 rings (SSSR count). The summed E-state index contributed by atoms with van der Waals surface area (Å²) in [6, 6.07) is 17.6. The SMILES string of the molecule is COc1ccccc1-c1nn(-c2ccccc2)cc1C(=O)NCc1n[nH]c(=S)n1C1CC1. The first kappa shape index (κ1) is 20.2. The number of carbonyl (C=O) groups excluding carboxylic acids is 1. The van der Waals surface area contributed by atoms with Gasteiger partial charge in [-0.1, -0.05) is 30.3 Å². The van der Waals surface area contributed by atoms with Crippen LogP contribution in [0.25, 0.3) is 16.9 Å². The average molecular weight is 447 g/mol. The Morgan fingerprint density at radius 2 is 1.94 bits per heavy atom. The topological polar surface area (TPSA) is 89.8 Å². The van der Waals surface area contributed by atoms with Crippen LogP contribution in [0.5, 0.6) is 5.75 Å². The summed E-state index contributed by atoms with van der Waals surface area (Å²) in [6.07, 6.45) is 3.90. The van der Waals surface area contributed by atoms with E-state index in [9.17, 15) is 4.79 Å². The van der Waals surface area contributed by atoms with Crippen molar-refractivity contribution in [2.24, 2.45) is 0 Å². The molecule has 1 fully saturated rings. The third kappa shape index (κ3) is 3.82. The van der Waals surface area contributed by atoms with Gasteiger partial charge in [0.25, 0.3) is 5.91 Å². The van der Waals surface area contributed by atoms with Crippen molar-refractivity contribution < 1.29 is 9.53 Å². The van der Waals surface area contributed by atoms with Crippen molar-refractivity contribution in [3.8, 4) is 22.7 Å². The lowest BCUT2D eigenvalue weighted by Crippen LogP contribution is -2.25. The molecule has 2 N–H and O–H groups in total. The van der Waals surface area contributed by atoms with E-state index in [1.807, 2.05) is 59.2 Å². The summed E-state index contributed by atoms with van der Waals surface area (Å²) in [6.45, 7) is 0.268. The van der Waals surface area contributed by atoms with Gasteiger partial charge in [0.15, 0.2) is 10.6 Å². The molecule has 0 radical (unpaired) electrons. The number of aromatic nitrogens is 5. The second-order valence-corrected chi connectivity index (χ2v) is 7.99. The Labute approximate surface area is 189 Å². The number of para-hydroxylation sites is 2. The fourth-order valence-electron chi connectivity index (χ4n) is 3.72. The molecule has 162 valence electrons. The summed E-state index contributed by atoms with van der Waals surface area (Å²) in [5.74, 6) is 1.12. The fourth-order valence-corrected chi connectivity index (χ4v) is 4.02. The molecule has 9 heteroatoms. The average Bonchev–Trinajstić information content (AvgIpc) is 3.45. The number of amides is 1. The van der Waals surface area contributed by atoms with Gasteiger partial charge in [-0.05, 0) is 49.3 Å². The van der Waals surface area contributed by atoms with E-state index < -0.39 is 0 Å². The Bertz CT molecular complexity index is 1320. The lowest BCUT2D eigenvalue weighted by Gasteiger charge is -2.09. The zero-order valence-corrected chi connectivity index (χ0v) is 18.3. The van der Waals surface area contributed by atoms with Gasteiger partial charge in [-0.2, -0.15) is 10.2 Å². The van der Waals surface area contributed by atoms with Crippen LogP contribution in [0, 0.1) is 4.77 Å². The summed E-state index contributed by atoms with van der Waals surface area (Å²) in [5, 5.41) is 14.8. The van der Waals surface area contributed by atoms with Gasteiger partial charge < -0.3 is 10.1 Å². The van der Waals surface area contributed by atoms with Crippen LogP contribution in [0.2, 0.25) is 0 Å². The number of carbonyl (C=O) groups is 1. The van der Waals surface area contributed by atoms with E-state index in [4.69, 9.17) is 22.1 Å². The van der Waals surface area contributed by atoms with E-state index in [1.165, 1.54) is 0 Å². The van der Waals surface area contributed by atoms with Gasteiger partial charge in [0.05, 0.1) is 24.9 Å². The van der Waals surface area contributed by atoms with E-state index in [0.717, 1.165) is 29.9 Å². The van der Waals surface area contributed by atoms with Crippen LogP contribution in [0.15, 0.2) is 60.8 Å². The van der Waals surface area contributed by atoms with Crippen molar-refractivity contribution in [3.05, 3.63) is 77.0 Å². The second kappa shape index (κ2) is 8.43. The zero-order valence-electron chi connectivity index (χ0n) is 17.5. The lowest BCUT2D eigenvalue weighted by atomic mass is 10.1. The van der Waals surface area contributed by atoms with E-state index >= 15 is 0 Å². The third-order valence-corrected chi connectivity index (χ3v) is 5.73. The highest BCUT2D eigenvalue weighted by molar-refractivity contribution is 7.71. The van der Waals surface area contributed by atoms with E-state index in [-0.39, 0.29) is 12.5 Å².